The monoisotopic (exact) mass is 404 g/mol. The van der Waals surface area contributed by atoms with Gasteiger partial charge >= 0.3 is 5.97 Å². The van der Waals surface area contributed by atoms with Crippen LogP contribution in [0.2, 0.25) is 5.02 Å². The topological polar surface area (TPSA) is 69.9 Å². The first-order valence-electron chi connectivity index (χ1n) is 8.20. The first kappa shape index (κ1) is 19.1. The van der Waals surface area contributed by atoms with Gasteiger partial charge in [0.05, 0.1) is 29.0 Å². The fourth-order valence-electron chi connectivity index (χ4n) is 2.61. The SMILES string of the molecule is CCOC(=O)Cn1c(=NC(=O)c2ccccc2Cl)sc2cccc(OC)c21. The second-order valence-corrected chi connectivity index (χ2v) is 6.90. The normalized spacial score (nSPS) is 11.6. The van der Waals surface area contributed by atoms with Crippen molar-refractivity contribution in [3.63, 3.8) is 0 Å². The Hall–Kier alpha value is -2.64. The molecule has 2 aromatic carbocycles. The molecule has 0 bridgehead atoms. The molecule has 0 fully saturated rings. The van der Waals surface area contributed by atoms with E-state index in [1.807, 2.05) is 12.1 Å². The molecular weight excluding hydrogens is 388 g/mol. The van der Waals surface area contributed by atoms with E-state index >= 15 is 0 Å². The van der Waals surface area contributed by atoms with Crippen molar-refractivity contribution in [2.75, 3.05) is 13.7 Å². The molecule has 0 saturated carbocycles. The third-order valence-corrected chi connectivity index (χ3v) is 5.15. The van der Waals surface area contributed by atoms with Crippen LogP contribution in [0.1, 0.15) is 17.3 Å². The Bertz CT molecular complexity index is 1070. The van der Waals surface area contributed by atoms with Gasteiger partial charge in [0, 0.05) is 0 Å². The number of aromatic nitrogens is 1. The van der Waals surface area contributed by atoms with Crippen LogP contribution >= 0.6 is 22.9 Å². The van der Waals surface area contributed by atoms with E-state index in [4.69, 9.17) is 21.1 Å². The molecule has 6 nitrogen and oxygen atoms in total. The minimum atomic E-state index is -0.483. The second kappa shape index (κ2) is 8.37. The Kier molecular flexibility index (Phi) is 5.93. The Morgan fingerprint density at radius 3 is 2.67 bits per heavy atom. The average Bonchev–Trinajstić information content (AvgIpc) is 2.99. The first-order chi connectivity index (χ1) is 13.0. The molecule has 0 saturated heterocycles. The summed E-state index contributed by atoms with van der Waals surface area (Å²) in [4.78, 5) is 29.3. The van der Waals surface area contributed by atoms with Crippen LogP contribution in [-0.4, -0.2) is 30.2 Å². The van der Waals surface area contributed by atoms with E-state index in [1.54, 1.807) is 48.9 Å². The van der Waals surface area contributed by atoms with Gasteiger partial charge in [-0.25, -0.2) is 0 Å². The summed E-state index contributed by atoms with van der Waals surface area (Å²) in [7, 11) is 1.55. The number of hydrogen-bond donors (Lipinski definition) is 0. The number of nitrogens with zero attached hydrogens (tertiary/aromatic N) is 2. The van der Waals surface area contributed by atoms with E-state index in [0.29, 0.717) is 26.7 Å². The number of rotatable bonds is 5. The van der Waals surface area contributed by atoms with Crippen LogP contribution in [-0.2, 0) is 16.1 Å². The first-order valence-corrected chi connectivity index (χ1v) is 9.40. The Morgan fingerprint density at radius 2 is 1.96 bits per heavy atom. The number of ether oxygens (including phenoxy) is 2. The summed E-state index contributed by atoms with van der Waals surface area (Å²) in [5, 5.41) is 0.321. The molecule has 0 spiro atoms. The minimum absolute atomic E-state index is 0.0805. The molecule has 1 aromatic heterocycles. The van der Waals surface area contributed by atoms with Gasteiger partial charge in [0.2, 0.25) is 0 Å². The third-order valence-electron chi connectivity index (χ3n) is 3.78. The fraction of sp³-hybridized carbons (Fsp3) is 0.211. The lowest BCUT2D eigenvalue weighted by molar-refractivity contribution is -0.143. The zero-order valence-corrected chi connectivity index (χ0v) is 16.3. The molecule has 0 aliphatic rings. The van der Waals surface area contributed by atoms with Gasteiger partial charge in [-0.05, 0) is 31.2 Å². The van der Waals surface area contributed by atoms with Gasteiger partial charge in [-0.2, -0.15) is 4.99 Å². The maximum absolute atomic E-state index is 12.6. The standard InChI is InChI=1S/C19H17ClN2O4S/c1-3-26-16(23)11-22-17-14(25-2)9-6-10-15(17)27-19(22)21-18(24)12-7-4-5-8-13(12)20/h4-10H,3,11H2,1-2H3. The molecule has 0 aliphatic heterocycles. The summed E-state index contributed by atoms with van der Waals surface area (Å²) >= 11 is 7.39. The van der Waals surface area contributed by atoms with Crippen LogP contribution in [0.5, 0.6) is 5.75 Å². The van der Waals surface area contributed by atoms with Crippen LogP contribution in [0, 0.1) is 0 Å². The van der Waals surface area contributed by atoms with Crippen LogP contribution in [0.4, 0.5) is 0 Å². The minimum Gasteiger partial charge on any atom is -0.495 e. The largest absolute Gasteiger partial charge is 0.495 e. The van der Waals surface area contributed by atoms with Crippen molar-refractivity contribution in [1.82, 2.24) is 4.57 Å². The summed E-state index contributed by atoms with van der Waals surface area (Å²) in [5.41, 5.74) is 0.982. The summed E-state index contributed by atoms with van der Waals surface area (Å²) in [5.74, 6) is -0.321. The molecule has 0 aliphatic carbocycles. The number of benzene rings is 2. The molecular formula is C19H17ClN2O4S. The van der Waals surface area contributed by atoms with Crippen molar-refractivity contribution in [3.8, 4) is 5.75 Å². The van der Waals surface area contributed by atoms with Crippen LogP contribution in [0.3, 0.4) is 0 Å². The lowest BCUT2D eigenvalue weighted by Gasteiger charge is -2.08. The molecule has 0 atom stereocenters. The quantitative estimate of drug-likeness (QED) is 0.608. The number of fused-ring (bicyclic) bond motifs is 1. The van der Waals surface area contributed by atoms with Gasteiger partial charge in [0.25, 0.3) is 5.91 Å². The number of hydrogen-bond acceptors (Lipinski definition) is 5. The Balaban J connectivity index is 2.18. The van der Waals surface area contributed by atoms with Gasteiger partial charge in [-0.3, -0.25) is 9.59 Å². The molecule has 140 valence electrons. The Labute approximate surface area is 164 Å². The summed E-state index contributed by atoms with van der Waals surface area (Å²) < 4.78 is 12.9. The van der Waals surface area contributed by atoms with Gasteiger partial charge in [-0.15, -0.1) is 0 Å². The number of amides is 1. The molecule has 8 heteroatoms. The van der Waals surface area contributed by atoms with Crippen molar-refractivity contribution in [1.29, 1.82) is 0 Å². The average molecular weight is 405 g/mol. The highest BCUT2D eigenvalue weighted by atomic mass is 35.5. The third kappa shape index (κ3) is 4.04. The van der Waals surface area contributed by atoms with E-state index in [1.165, 1.54) is 11.3 Å². The van der Waals surface area contributed by atoms with Gasteiger partial charge < -0.3 is 14.0 Å². The van der Waals surface area contributed by atoms with E-state index < -0.39 is 11.9 Å². The predicted molar refractivity (Wildman–Crippen MR) is 104 cm³/mol. The maximum atomic E-state index is 12.6. The molecule has 0 radical (unpaired) electrons. The molecule has 0 N–H and O–H groups in total. The van der Waals surface area contributed by atoms with Crippen LogP contribution in [0.15, 0.2) is 47.5 Å². The summed E-state index contributed by atoms with van der Waals surface area (Å²) in [6, 6.07) is 12.2. The van der Waals surface area contributed by atoms with Crippen molar-refractivity contribution < 1.29 is 19.1 Å². The molecule has 1 amide bonds. The molecule has 27 heavy (non-hydrogen) atoms. The number of halogens is 1. The number of esters is 1. The lowest BCUT2D eigenvalue weighted by Crippen LogP contribution is -2.23. The van der Waals surface area contributed by atoms with Crippen molar-refractivity contribution >= 4 is 45.0 Å². The number of para-hydroxylation sites is 1. The molecule has 1 heterocycles. The maximum Gasteiger partial charge on any atom is 0.326 e. The van der Waals surface area contributed by atoms with E-state index in [0.717, 1.165) is 4.70 Å². The highest BCUT2D eigenvalue weighted by Crippen LogP contribution is 2.27. The van der Waals surface area contributed by atoms with Gasteiger partial charge in [-0.1, -0.05) is 41.1 Å². The number of methoxy groups -OCH3 is 1. The highest BCUT2D eigenvalue weighted by Gasteiger charge is 2.16. The zero-order valence-electron chi connectivity index (χ0n) is 14.8. The van der Waals surface area contributed by atoms with Gasteiger partial charge in [0.1, 0.15) is 17.8 Å². The molecule has 3 aromatic rings. The number of carbonyl (C=O) groups is 2. The lowest BCUT2D eigenvalue weighted by atomic mass is 10.2. The molecule has 0 unspecified atom stereocenters. The second-order valence-electron chi connectivity index (χ2n) is 5.48. The van der Waals surface area contributed by atoms with E-state index in [9.17, 15) is 9.59 Å². The number of thiazole rings is 1. The van der Waals surface area contributed by atoms with Crippen molar-refractivity contribution in [2.24, 2.45) is 4.99 Å². The zero-order chi connectivity index (χ0) is 19.4. The highest BCUT2D eigenvalue weighted by molar-refractivity contribution is 7.16. The van der Waals surface area contributed by atoms with Crippen molar-refractivity contribution in [3.05, 3.63) is 57.9 Å². The molecule has 3 rings (SSSR count). The Morgan fingerprint density at radius 1 is 1.19 bits per heavy atom. The van der Waals surface area contributed by atoms with Crippen LogP contribution in [0.25, 0.3) is 10.2 Å². The summed E-state index contributed by atoms with van der Waals surface area (Å²) in [6.07, 6.45) is 0. The smallest absolute Gasteiger partial charge is 0.326 e. The fourth-order valence-corrected chi connectivity index (χ4v) is 3.87. The van der Waals surface area contributed by atoms with E-state index in [2.05, 4.69) is 4.99 Å². The predicted octanol–water partition coefficient (Wildman–Crippen LogP) is 3.67. The van der Waals surface area contributed by atoms with Crippen molar-refractivity contribution in [2.45, 2.75) is 13.5 Å². The van der Waals surface area contributed by atoms with Crippen LogP contribution < -0.4 is 9.54 Å². The van der Waals surface area contributed by atoms with E-state index in [-0.39, 0.29) is 13.2 Å². The number of carbonyl (C=O) groups excluding carboxylic acids is 2. The van der Waals surface area contributed by atoms with Gasteiger partial charge in [0.15, 0.2) is 4.80 Å². The summed E-state index contributed by atoms with van der Waals surface area (Å²) in [6.45, 7) is 1.92.